The SMILES string of the molecule is COc1ccc(N(CC(=O)N(Cc2c(Cl)cccc2Cl)[C@@H](C)C(=O)NC2CCCCC2)S(=O)(=O)c2ccccc2)cc1. The van der Waals surface area contributed by atoms with Crippen LogP contribution in [0.1, 0.15) is 44.6 Å². The maximum Gasteiger partial charge on any atom is 0.264 e. The monoisotopic (exact) mass is 631 g/mol. The van der Waals surface area contributed by atoms with Crippen molar-refractivity contribution in [2.75, 3.05) is 18.0 Å². The number of ether oxygens (including phenoxy) is 1. The molecule has 1 atom stereocenters. The minimum atomic E-state index is -4.17. The van der Waals surface area contributed by atoms with Crippen molar-refractivity contribution < 1.29 is 22.7 Å². The first kappa shape index (κ1) is 31.7. The van der Waals surface area contributed by atoms with Crippen molar-refractivity contribution in [2.24, 2.45) is 0 Å². The molecular weight excluding hydrogens is 597 g/mol. The highest BCUT2D eigenvalue weighted by Gasteiger charge is 2.33. The average Bonchev–Trinajstić information content (AvgIpc) is 3.00. The van der Waals surface area contributed by atoms with Gasteiger partial charge in [0, 0.05) is 28.2 Å². The fourth-order valence-corrected chi connectivity index (χ4v) is 6.95. The van der Waals surface area contributed by atoms with Crippen molar-refractivity contribution >= 4 is 50.7 Å². The second kappa shape index (κ2) is 14.3. The van der Waals surface area contributed by atoms with Crippen molar-refractivity contribution in [3.63, 3.8) is 0 Å². The number of hydrogen-bond donors (Lipinski definition) is 1. The first-order chi connectivity index (χ1) is 20.1. The molecule has 8 nitrogen and oxygen atoms in total. The van der Waals surface area contributed by atoms with E-state index in [1.54, 1.807) is 67.6 Å². The standard InChI is InChI=1S/C31H35Cl2N3O5S/c1-22(31(38)34-23-10-5-3-6-11-23)35(20-27-28(32)14-9-15-29(27)33)30(37)21-36(24-16-18-25(41-2)19-17-24)42(39,40)26-12-7-4-8-13-26/h4,7-9,12-19,22-23H,3,5-6,10-11,20-21H2,1-2H3,(H,34,38)/t22-/m0/s1. The first-order valence-corrected chi connectivity index (χ1v) is 16.1. The molecule has 1 N–H and O–H groups in total. The van der Waals surface area contributed by atoms with Crippen LogP contribution in [0.2, 0.25) is 10.0 Å². The maximum absolute atomic E-state index is 14.1. The van der Waals surface area contributed by atoms with Gasteiger partial charge in [-0.3, -0.25) is 13.9 Å². The molecule has 0 heterocycles. The number of nitrogens with zero attached hydrogens (tertiary/aromatic N) is 2. The van der Waals surface area contributed by atoms with Crippen LogP contribution in [0, 0.1) is 0 Å². The number of carbonyl (C=O) groups excluding carboxylic acids is 2. The van der Waals surface area contributed by atoms with Crippen LogP contribution in [0.15, 0.2) is 77.7 Å². The Labute approximate surface area is 257 Å². The summed E-state index contributed by atoms with van der Waals surface area (Å²) in [5, 5.41) is 3.75. The number of benzene rings is 3. The van der Waals surface area contributed by atoms with Gasteiger partial charge in [0.1, 0.15) is 18.3 Å². The molecule has 224 valence electrons. The van der Waals surface area contributed by atoms with Gasteiger partial charge in [0.15, 0.2) is 0 Å². The lowest BCUT2D eigenvalue weighted by Gasteiger charge is -2.33. The lowest BCUT2D eigenvalue weighted by atomic mass is 9.95. The molecular formula is C31H35Cl2N3O5S. The fourth-order valence-electron chi connectivity index (χ4n) is 5.00. The minimum Gasteiger partial charge on any atom is -0.497 e. The summed E-state index contributed by atoms with van der Waals surface area (Å²) >= 11 is 12.9. The van der Waals surface area contributed by atoms with Gasteiger partial charge in [0.05, 0.1) is 17.7 Å². The normalized spacial score (nSPS) is 14.6. The molecule has 3 aromatic rings. The van der Waals surface area contributed by atoms with Crippen molar-refractivity contribution in [2.45, 2.75) is 62.6 Å². The molecule has 0 aliphatic heterocycles. The van der Waals surface area contributed by atoms with E-state index < -0.39 is 28.5 Å². The fraction of sp³-hybridized carbons (Fsp3) is 0.355. The Balaban J connectivity index is 1.70. The Kier molecular flexibility index (Phi) is 10.8. The van der Waals surface area contributed by atoms with Crippen LogP contribution in [0.25, 0.3) is 0 Å². The summed E-state index contributed by atoms with van der Waals surface area (Å²) in [7, 11) is -2.66. The van der Waals surface area contributed by atoms with Gasteiger partial charge in [-0.05, 0) is 68.3 Å². The van der Waals surface area contributed by atoms with Crippen LogP contribution in [-0.2, 0) is 26.2 Å². The van der Waals surface area contributed by atoms with E-state index in [9.17, 15) is 18.0 Å². The summed E-state index contributed by atoms with van der Waals surface area (Å²) in [4.78, 5) is 28.9. The smallest absolute Gasteiger partial charge is 0.264 e. The molecule has 0 unspecified atom stereocenters. The molecule has 0 radical (unpaired) electrons. The molecule has 1 aliphatic rings. The molecule has 11 heteroatoms. The van der Waals surface area contributed by atoms with Gasteiger partial charge >= 0.3 is 0 Å². The van der Waals surface area contributed by atoms with Gasteiger partial charge < -0.3 is 15.0 Å². The molecule has 1 fully saturated rings. The van der Waals surface area contributed by atoms with Gasteiger partial charge in [-0.15, -0.1) is 0 Å². The summed E-state index contributed by atoms with van der Waals surface area (Å²) in [6, 6.07) is 18.4. The highest BCUT2D eigenvalue weighted by molar-refractivity contribution is 7.92. The predicted molar refractivity (Wildman–Crippen MR) is 165 cm³/mol. The average molecular weight is 633 g/mol. The van der Waals surface area contributed by atoms with Gasteiger partial charge in [-0.2, -0.15) is 0 Å². The van der Waals surface area contributed by atoms with Crippen LogP contribution in [-0.4, -0.2) is 50.9 Å². The zero-order valence-electron chi connectivity index (χ0n) is 23.6. The van der Waals surface area contributed by atoms with Crippen LogP contribution in [0.5, 0.6) is 5.75 Å². The molecule has 1 aliphatic carbocycles. The van der Waals surface area contributed by atoms with Gasteiger partial charge in [-0.25, -0.2) is 8.42 Å². The summed E-state index contributed by atoms with van der Waals surface area (Å²) < 4.78 is 34.0. The van der Waals surface area contributed by atoms with E-state index >= 15 is 0 Å². The van der Waals surface area contributed by atoms with Crippen LogP contribution < -0.4 is 14.4 Å². The molecule has 2 amide bonds. The Morgan fingerprint density at radius 2 is 1.55 bits per heavy atom. The first-order valence-electron chi connectivity index (χ1n) is 13.9. The number of sulfonamides is 1. The minimum absolute atomic E-state index is 0.0254. The lowest BCUT2D eigenvalue weighted by Crippen LogP contribution is -2.53. The van der Waals surface area contributed by atoms with Crippen molar-refractivity contribution in [1.82, 2.24) is 10.2 Å². The third-order valence-electron chi connectivity index (χ3n) is 7.48. The largest absolute Gasteiger partial charge is 0.497 e. The zero-order chi connectivity index (χ0) is 30.3. The van der Waals surface area contributed by atoms with E-state index in [1.807, 2.05) is 0 Å². The third kappa shape index (κ3) is 7.56. The number of anilines is 1. The third-order valence-corrected chi connectivity index (χ3v) is 9.98. The van der Waals surface area contributed by atoms with E-state index in [4.69, 9.17) is 27.9 Å². The van der Waals surface area contributed by atoms with E-state index in [0.717, 1.165) is 36.4 Å². The molecule has 1 saturated carbocycles. The summed E-state index contributed by atoms with van der Waals surface area (Å²) in [5.41, 5.74) is 0.733. The van der Waals surface area contributed by atoms with E-state index in [1.165, 1.54) is 24.1 Å². The molecule has 3 aromatic carbocycles. The second-order valence-electron chi connectivity index (χ2n) is 10.3. The van der Waals surface area contributed by atoms with Crippen molar-refractivity contribution in [3.8, 4) is 5.75 Å². The van der Waals surface area contributed by atoms with E-state index in [2.05, 4.69) is 5.32 Å². The summed E-state index contributed by atoms with van der Waals surface area (Å²) in [6.07, 6.45) is 4.96. The second-order valence-corrected chi connectivity index (χ2v) is 12.9. The van der Waals surface area contributed by atoms with Gasteiger partial charge in [-0.1, -0.05) is 66.7 Å². The number of rotatable bonds is 11. The molecule has 0 saturated heterocycles. The van der Waals surface area contributed by atoms with E-state index in [0.29, 0.717) is 21.4 Å². The van der Waals surface area contributed by atoms with Crippen LogP contribution >= 0.6 is 23.2 Å². The number of carbonyl (C=O) groups is 2. The number of methoxy groups -OCH3 is 1. The van der Waals surface area contributed by atoms with Crippen LogP contribution in [0.3, 0.4) is 0 Å². The Bertz CT molecular complexity index is 1460. The lowest BCUT2D eigenvalue weighted by molar-refractivity contribution is -0.139. The quantitative estimate of drug-likeness (QED) is 0.277. The van der Waals surface area contributed by atoms with Crippen molar-refractivity contribution in [3.05, 3.63) is 88.4 Å². The molecule has 0 spiro atoms. The summed E-state index contributed by atoms with van der Waals surface area (Å²) in [6.45, 7) is 0.981. The number of amides is 2. The Morgan fingerprint density at radius 3 is 2.14 bits per heavy atom. The van der Waals surface area contributed by atoms with Crippen molar-refractivity contribution in [1.29, 1.82) is 0 Å². The van der Waals surface area contributed by atoms with Crippen LogP contribution in [0.4, 0.5) is 5.69 Å². The highest BCUT2D eigenvalue weighted by atomic mass is 35.5. The molecule has 0 bridgehead atoms. The topological polar surface area (TPSA) is 96.0 Å². The highest BCUT2D eigenvalue weighted by Crippen LogP contribution is 2.29. The maximum atomic E-state index is 14.1. The molecule has 0 aromatic heterocycles. The number of nitrogens with one attached hydrogen (secondary N) is 1. The Morgan fingerprint density at radius 1 is 0.929 bits per heavy atom. The number of halogens is 2. The summed E-state index contributed by atoms with van der Waals surface area (Å²) in [5.74, 6) is -0.377. The predicted octanol–water partition coefficient (Wildman–Crippen LogP) is 6.06. The van der Waals surface area contributed by atoms with Gasteiger partial charge in [0.25, 0.3) is 10.0 Å². The van der Waals surface area contributed by atoms with E-state index in [-0.39, 0.29) is 29.1 Å². The number of hydrogen-bond acceptors (Lipinski definition) is 5. The molecule has 4 rings (SSSR count). The zero-order valence-corrected chi connectivity index (χ0v) is 26.0. The molecule has 42 heavy (non-hydrogen) atoms. The van der Waals surface area contributed by atoms with Gasteiger partial charge in [0.2, 0.25) is 11.8 Å². The Hall–Kier alpha value is -3.27.